The molecule has 84 valence electrons. The number of nitrogens with one attached hydrogen (secondary N) is 1. The normalized spacial score (nSPS) is 15.1. The third-order valence-electron chi connectivity index (χ3n) is 2.21. The van der Waals surface area contributed by atoms with Crippen LogP contribution >= 0.6 is 0 Å². The summed E-state index contributed by atoms with van der Waals surface area (Å²) in [4.78, 5) is 11.2. The molecule has 0 aliphatic heterocycles. The van der Waals surface area contributed by atoms with Crippen molar-refractivity contribution in [3.05, 3.63) is 0 Å². The number of likely N-dealkylation sites (N-methyl/N-ethyl adjacent to an activating group) is 1. The van der Waals surface area contributed by atoms with Crippen molar-refractivity contribution >= 4 is 5.91 Å². The van der Waals surface area contributed by atoms with Crippen LogP contribution < -0.4 is 11.1 Å². The van der Waals surface area contributed by atoms with Crippen LogP contribution in [-0.4, -0.2) is 31.2 Å². The van der Waals surface area contributed by atoms with E-state index in [-0.39, 0.29) is 5.91 Å². The molecule has 0 aromatic carbocycles. The summed E-state index contributed by atoms with van der Waals surface area (Å²) in [5.74, 6) is -0.320. The van der Waals surface area contributed by atoms with Gasteiger partial charge in [0.2, 0.25) is 5.91 Å². The highest BCUT2D eigenvalue weighted by Gasteiger charge is 2.29. The van der Waals surface area contributed by atoms with Gasteiger partial charge in [-0.15, -0.1) is 0 Å². The van der Waals surface area contributed by atoms with E-state index in [4.69, 9.17) is 10.5 Å². The van der Waals surface area contributed by atoms with Crippen LogP contribution in [0.3, 0.4) is 0 Å². The lowest BCUT2D eigenvalue weighted by Gasteiger charge is -2.26. The molecule has 14 heavy (non-hydrogen) atoms. The fraction of sp³-hybridized carbons (Fsp3) is 0.900. The van der Waals surface area contributed by atoms with E-state index in [1.807, 2.05) is 13.8 Å². The third kappa shape index (κ3) is 4.58. The lowest BCUT2D eigenvalue weighted by Crippen LogP contribution is -2.53. The molecule has 0 saturated carbocycles. The minimum absolute atomic E-state index is 0.320. The molecular weight excluding hydrogens is 180 g/mol. The first-order valence-corrected chi connectivity index (χ1v) is 5.19. The molecule has 0 aliphatic carbocycles. The van der Waals surface area contributed by atoms with E-state index in [9.17, 15) is 4.79 Å². The van der Waals surface area contributed by atoms with Gasteiger partial charge in [-0.05, 0) is 26.3 Å². The Morgan fingerprint density at radius 3 is 2.50 bits per heavy atom. The Morgan fingerprint density at radius 1 is 1.43 bits per heavy atom. The summed E-state index contributed by atoms with van der Waals surface area (Å²) < 4.78 is 5.33. The molecule has 4 nitrogen and oxygen atoms in total. The van der Waals surface area contributed by atoms with Gasteiger partial charge < -0.3 is 15.8 Å². The van der Waals surface area contributed by atoms with Gasteiger partial charge in [0.15, 0.2) is 0 Å². The van der Waals surface area contributed by atoms with E-state index in [0.29, 0.717) is 13.0 Å². The van der Waals surface area contributed by atoms with Gasteiger partial charge >= 0.3 is 0 Å². The molecule has 3 N–H and O–H groups in total. The maximum absolute atomic E-state index is 11.2. The molecule has 0 saturated heterocycles. The van der Waals surface area contributed by atoms with Gasteiger partial charge in [-0.1, -0.05) is 13.8 Å². The molecule has 0 aliphatic rings. The van der Waals surface area contributed by atoms with Crippen molar-refractivity contribution < 1.29 is 9.53 Å². The topological polar surface area (TPSA) is 64.3 Å². The summed E-state index contributed by atoms with van der Waals surface area (Å²) in [5.41, 5.74) is 4.68. The number of carbonyl (C=O) groups is 1. The molecule has 0 rings (SSSR count). The van der Waals surface area contributed by atoms with Crippen LogP contribution in [0.25, 0.3) is 0 Å². The number of primary amides is 1. The predicted molar refractivity (Wildman–Crippen MR) is 57.0 cm³/mol. The summed E-state index contributed by atoms with van der Waals surface area (Å²) in [5, 5.41) is 3.08. The molecule has 0 spiro atoms. The van der Waals surface area contributed by atoms with E-state index in [1.165, 1.54) is 0 Å². The molecule has 1 amide bonds. The Labute approximate surface area is 86.2 Å². The van der Waals surface area contributed by atoms with Crippen LogP contribution in [0, 0.1) is 0 Å². The SMILES string of the molecule is CCCOCCC(C)(NCC)C(N)=O. The van der Waals surface area contributed by atoms with Gasteiger partial charge in [0.25, 0.3) is 0 Å². The fourth-order valence-corrected chi connectivity index (χ4v) is 1.21. The largest absolute Gasteiger partial charge is 0.381 e. The Morgan fingerprint density at radius 2 is 2.07 bits per heavy atom. The summed E-state index contributed by atoms with van der Waals surface area (Å²) in [7, 11) is 0. The first-order valence-electron chi connectivity index (χ1n) is 5.19. The Kier molecular flexibility index (Phi) is 6.49. The predicted octanol–water partition coefficient (Wildman–Crippen LogP) is 0.657. The third-order valence-corrected chi connectivity index (χ3v) is 2.21. The van der Waals surface area contributed by atoms with Crippen molar-refractivity contribution in [3.63, 3.8) is 0 Å². The summed E-state index contributed by atoms with van der Waals surface area (Å²) in [6.07, 6.45) is 1.62. The van der Waals surface area contributed by atoms with E-state index in [1.54, 1.807) is 0 Å². The van der Waals surface area contributed by atoms with E-state index in [0.717, 1.165) is 19.6 Å². The average Bonchev–Trinajstić information content (AvgIpc) is 2.13. The minimum Gasteiger partial charge on any atom is -0.381 e. The zero-order chi connectivity index (χ0) is 11.0. The number of hydrogen-bond acceptors (Lipinski definition) is 3. The van der Waals surface area contributed by atoms with Crippen LogP contribution in [0.4, 0.5) is 0 Å². The van der Waals surface area contributed by atoms with Crippen LogP contribution in [0.5, 0.6) is 0 Å². The van der Waals surface area contributed by atoms with Gasteiger partial charge in [0.1, 0.15) is 0 Å². The van der Waals surface area contributed by atoms with Gasteiger partial charge in [-0.2, -0.15) is 0 Å². The Bertz CT molecular complexity index is 174. The van der Waals surface area contributed by atoms with Gasteiger partial charge in [-0.3, -0.25) is 4.79 Å². The number of amides is 1. The molecular formula is C10H22N2O2. The minimum atomic E-state index is -0.636. The Hall–Kier alpha value is -0.610. The zero-order valence-corrected chi connectivity index (χ0v) is 9.43. The molecule has 0 fully saturated rings. The molecule has 0 heterocycles. The molecule has 0 bridgehead atoms. The maximum atomic E-state index is 11.2. The molecule has 1 unspecified atom stereocenters. The molecule has 1 atom stereocenters. The smallest absolute Gasteiger partial charge is 0.237 e. The van der Waals surface area contributed by atoms with Gasteiger partial charge in [-0.25, -0.2) is 0 Å². The monoisotopic (exact) mass is 202 g/mol. The second kappa shape index (κ2) is 6.79. The first kappa shape index (κ1) is 13.4. The second-order valence-corrected chi connectivity index (χ2v) is 3.59. The summed E-state index contributed by atoms with van der Waals surface area (Å²) in [6, 6.07) is 0. The van der Waals surface area contributed by atoms with E-state index in [2.05, 4.69) is 12.2 Å². The molecule has 0 aromatic heterocycles. The van der Waals surface area contributed by atoms with Crippen LogP contribution in [0.1, 0.15) is 33.6 Å². The van der Waals surface area contributed by atoms with Gasteiger partial charge in [0.05, 0.1) is 5.54 Å². The summed E-state index contributed by atoms with van der Waals surface area (Å²) >= 11 is 0. The van der Waals surface area contributed by atoms with Crippen LogP contribution in [0.2, 0.25) is 0 Å². The van der Waals surface area contributed by atoms with Crippen molar-refractivity contribution in [1.29, 1.82) is 0 Å². The van der Waals surface area contributed by atoms with Crippen LogP contribution in [0.15, 0.2) is 0 Å². The second-order valence-electron chi connectivity index (χ2n) is 3.59. The summed E-state index contributed by atoms with van der Waals surface area (Å²) in [6.45, 7) is 7.86. The van der Waals surface area contributed by atoms with Crippen molar-refractivity contribution in [2.75, 3.05) is 19.8 Å². The lowest BCUT2D eigenvalue weighted by molar-refractivity contribution is -0.124. The highest BCUT2D eigenvalue weighted by atomic mass is 16.5. The van der Waals surface area contributed by atoms with E-state index < -0.39 is 5.54 Å². The number of nitrogens with two attached hydrogens (primary N) is 1. The zero-order valence-electron chi connectivity index (χ0n) is 9.43. The Balaban J connectivity index is 3.90. The number of carbonyl (C=O) groups excluding carboxylic acids is 1. The fourth-order valence-electron chi connectivity index (χ4n) is 1.21. The molecule has 0 aromatic rings. The number of hydrogen-bond donors (Lipinski definition) is 2. The molecule has 0 radical (unpaired) electrons. The van der Waals surface area contributed by atoms with Crippen molar-refractivity contribution in [2.24, 2.45) is 5.73 Å². The van der Waals surface area contributed by atoms with Crippen molar-refractivity contribution in [1.82, 2.24) is 5.32 Å². The highest BCUT2D eigenvalue weighted by Crippen LogP contribution is 2.08. The van der Waals surface area contributed by atoms with Crippen LogP contribution in [-0.2, 0) is 9.53 Å². The number of ether oxygens (including phenoxy) is 1. The van der Waals surface area contributed by atoms with Crippen molar-refractivity contribution in [3.8, 4) is 0 Å². The standard InChI is InChI=1S/C10H22N2O2/c1-4-7-14-8-6-10(3,9(11)13)12-5-2/h12H,4-8H2,1-3H3,(H2,11,13). The quantitative estimate of drug-likeness (QED) is 0.568. The van der Waals surface area contributed by atoms with Crippen molar-refractivity contribution in [2.45, 2.75) is 39.2 Å². The average molecular weight is 202 g/mol. The maximum Gasteiger partial charge on any atom is 0.237 e. The lowest BCUT2D eigenvalue weighted by atomic mass is 9.97. The number of rotatable bonds is 8. The first-order chi connectivity index (χ1) is 6.56. The molecule has 4 heteroatoms. The van der Waals surface area contributed by atoms with Gasteiger partial charge in [0, 0.05) is 13.2 Å². The van der Waals surface area contributed by atoms with E-state index >= 15 is 0 Å². The highest BCUT2D eigenvalue weighted by molar-refractivity contribution is 5.84.